The number of ether oxygens (including phenoxy) is 1. The van der Waals surface area contributed by atoms with Gasteiger partial charge in [-0.1, -0.05) is 106 Å². The van der Waals surface area contributed by atoms with Crippen molar-refractivity contribution >= 4 is 53.3 Å². The van der Waals surface area contributed by atoms with Gasteiger partial charge >= 0.3 is 11.9 Å². The molecule has 9 atom stereocenters. The van der Waals surface area contributed by atoms with Crippen molar-refractivity contribution in [1.29, 1.82) is 0 Å². The number of aliphatic carboxylic acids is 1. The monoisotopic (exact) mass is 997 g/mol. The Bertz CT molecular complexity index is 2390. The van der Waals surface area contributed by atoms with Gasteiger partial charge in [0.15, 0.2) is 0 Å². The number of phenols is 1. The zero-order chi connectivity index (χ0) is 52.6. The third-order valence-electron chi connectivity index (χ3n) is 12.8. The largest absolute Gasteiger partial charge is 0.508 e. The first-order valence-corrected chi connectivity index (χ1v) is 24.3. The van der Waals surface area contributed by atoms with Crippen molar-refractivity contribution in [2.75, 3.05) is 7.05 Å². The minimum absolute atomic E-state index is 0.0183. The Morgan fingerprint density at radius 1 is 0.750 bits per heavy atom. The van der Waals surface area contributed by atoms with Gasteiger partial charge in [-0.3, -0.25) is 38.4 Å². The van der Waals surface area contributed by atoms with Gasteiger partial charge in [-0.25, -0.2) is 4.79 Å². The molecule has 0 spiro atoms. The van der Waals surface area contributed by atoms with E-state index in [-0.39, 0.29) is 44.3 Å². The SMILES string of the molecule is CCCCCC(=O)NC(CC(=O)O)C(=O)NC1C(=O)NC(Cc2ccc(O)cc2)C(=O)NC2CCC(O)N(C2=O)C(Cc2ccccc2)C(=O)N(C)C(Cc2ccccc2)C(=O)NC(C(C)C)C(=O)OC1C. The molecule has 2 aliphatic rings. The molecule has 72 heavy (non-hydrogen) atoms. The number of hydrogen-bond donors (Lipinski definition) is 8. The summed E-state index contributed by atoms with van der Waals surface area (Å²) >= 11 is 0. The van der Waals surface area contributed by atoms with Gasteiger partial charge in [-0.05, 0) is 60.9 Å². The second-order valence-corrected chi connectivity index (χ2v) is 18.7. The number of carbonyl (C=O) groups excluding carboxylic acids is 8. The van der Waals surface area contributed by atoms with Gasteiger partial charge in [0.2, 0.25) is 41.4 Å². The fraction of sp³-hybridized carbons (Fsp3) is 0.481. The molecule has 7 amide bonds. The standard InChI is InChI=1S/C52H67N7O13/c1-6-7-10-19-41(61)53-38(29-43(63)64)47(66)57-45-31(4)72-52(71)44(30(2)3)56-48(67)39(27-32-15-11-8-12-16-32)58(5)51(70)40(28-33-17-13-9-14-18-33)59-42(62)25-24-36(50(59)69)54-46(65)37(55-49(45)68)26-34-20-22-35(60)23-21-34/h8-9,11-18,20-23,30-31,36-40,42,44-45,60,62H,6-7,10,19,24-29H2,1-5H3,(H,53,61)(H,54,65)(H,55,68)(H,56,67)(H,57,66)(H,63,64). The van der Waals surface area contributed by atoms with E-state index in [1.54, 1.807) is 74.5 Å². The van der Waals surface area contributed by atoms with Crippen LogP contribution >= 0.6 is 0 Å². The summed E-state index contributed by atoms with van der Waals surface area (Å²) in [6.07, 6.45) is -2.75. The van der Waals surface area contributed by atoms with Crippen molar-refractivity contribution in [3.63, 3.8) is 0 Å². The molecule has 8 N–H and O–H groups in total. The third-order valence-corrected chi connectivity index (χ3v) is 12.8. The van der Waals surface area contributed by atoms with E-state index in [4.69, 9.17) is 4.74 Å². The minimum atomic E-state index is -1.88. The van der Waals surface area contributed by atoms with E-state index in [9.17, 15) is 53.7 Å². The van der Waals surface area contributed by atoms with E-state index in [2.05, 4.69) is 26.6 Å². The number of amides is 7. The predicted molar refractivity (Wildman–Crippen MR) is 261 cm³/mol. The summed E-state index contributed by atoms with van der Waals surface area (Å²) in [4.78, 5) is 129. The van der Waals surface area contributed by atoms with E-state index >= 15 is 4.79 Å². The van der Waals surface area contributed by atoms with Crippen LogP contribution in [0.3, 0.4) is 0 Å². The van der Waals surface area contributed by atoms with E-state index in [0.717, 1.165) is 16.2 Å². The molecule has 2 heterocycles. The van der Waals surface area contributed by atoms with Crippen LogP contribution in [-0.2, 0) is 67.2 Å². The molecular formula is C52H67N7O13. The maximum absolute atomic E-state index is 15.1. The van der Waals surface area contributed by atoms with Crippen LogP contribution in [0.2, 0.25) is 0 Å². The number of esters is 1. The van der Waals surface area contributed by atoms with Crippen LogP contribution in [0.25, 0.3) is 0 Å². The van der Waals surface area contributed by atoms with Crippen LogP contribution in [0, 0.1) is 5.92 Å². The lowest BCUT2D eigenvalue weighted by Crippen LogP contribution is -2.65. The molecule has 2 fully saturated rings. The number of nitrogens with zero attached hydrogens (tertiary/aromatic N) is 2. The lowest BCUT2D eigenvalue weighted by atomic mass is 9.95. The van der Waals surface area contributed by atoms with E-state index in [1.807, 2.05) is 6.92 Å². The Labute approximate surface area is 418 Å². The summed E-state index contributed by atoms with van der Waals surface area (Å²) in [6.45, 7) is 6.41. The number of carbonyl (C=O) groups is 9. The highest BCUT2D eigenvalue weighted by atomic mass is 16.5. The average molecular weight is 998 g/mol. The quantitative estimate of drug-likeness (QED) is 0.0750. The summed E-state index contributed by atoms with van der Waals surface area (Å²) in [5.41, 5.74) is 1.66. The third kappa shape index (κ3) is 15.3. The summed E-state index contributed by atoms with van der Waals surface area (Å²) in [6, 6.07) is 12.4. The summed E-state index contributed by atoms with van der Waals surface area (Å²) in [5, 5.41) is 44.3. The first-order valence-electron chi connectivity index (χ1n) is 24.3. The zero-order valence-corrected chi connectivity index (χ0v) is 41.2. The van der Waals surface area contributed by atoms with Crippen LogP contribution in [0.15, 0.2) is 84.9 Å². The van der Waals surface area contributed by atoms with E-state index in [1.165, 1.54) is 38.2 Å². The van der Waals surface area contributed by atoms with Crippen LogP contribution in [0.4, 0.5) is 0 Å². The van der Waals surface area contributed by atoms with Crippen molar-refractivity contribution in [2.45, 2.75) is 147 Å². The molecule has 3 aromatic rings. The molecule has 5 rings (SSSR count). The molecule has 3 aromatic carbocycles. The number of fused-ring (bicyclic) bond motifs is 2. The Balaban J connectivity index is 1.63. The van der Waals surface area contributed by atoms with E-state index < -0.39 is 120 Å². The van der Waals surface area contributed by atoms with Gasteiger partial charge in [0.05, 0.1) is 6.42 Å². The molecular weight excluding hydrogens is 931 g/mol. The molecule has 0 saturated carbocycles. The zero-order valence-electron chi connectivity index (χ0n) is 41.2. The first-order chi connectivity index (χ1) is 34.3. The maximum atomic E-state index is 15.1. The van der Waals surface area contributed by atoms with Crippen LogP contribution < -0.4 is 26.6 Å². The van der Waals surface area contributed by atoms with Gasteiger partial charge in [0.1, 0.15) is 60.4 Å². The van der Waals surface area contributed by atoms with Crippen molar-refractivity contribution < 1.29 is 63.2 Å². The second kappa shape index (κ2) is 26.2. The summed E-state index contributed by atoms with van der Waals surface area (Å²) in [7, 11) is 1.38. The number of unbranched alkanes of at least 4 members (excludes halogenated alkanes) is 2. The van der Waals surface area contributed by atoms with Crippen molar-refractivity contribution in [1.82, 2.24) is 36.4 Å². The van der Waals surface area contributed by atoms with Gasteiger partial charge in [-0.15, -0.1) is 0 Å². The highest BCUT2D eigenvalue weighted by Gasteiger charge is 2.46. The fourth-order valence-electron chi connectivity index (χ4n) is 8.69. The summed E-state index contributed by atoms with van der Waals surface area (Å²) in [5.74, 6) is -9.46. The number of likely N-dealkylation sites (N-methyl/N-ethyl adjacent to an activating group) is 1. The number of piperidine rings is 1. The smallest absolute Gasteiger partial charge is 0.329 e. The highest BCUT2D eigenvalue weighted by Crippen LogP contribution is 2.26. The lowest BCUT2D eigenvalue weighted by molar-refractivity contribution is -0.165. The van der Waals surface area contributed by atoms with Crippen LogP contribution in [-0.4, -0.2) is 140 Å². The molecule has 0 aromatic heterocycles. The number of carboxylic acid groups (broad SMARTS) is 1. The average Bonchev–Trinajstić information content (AvgIpc) is 3.34. The van der Waals surface area contributed by atoms with Gasteiger partial charge in [-0.2, -0.15) is 0 Å². The number of carboxylic acids is 1. The topological polar surface area (TPSA) is 290 Å². The molecule has 0 radical (unpaired) electrons. The molecule has 388 valence electrons. The number of nitrogens with one attached hydrogen (secondary N) is 5. The molecule has 2 bridgehead atoms. The fourth-order valence-corrected chi connectivity index (χ4v) is 8.69. The van der Waals surface area contributed by atoms with Crippen molar-refractivity contribution in [3.8, 4) is 5.75 Å². The predicted octanol–water partition coefficient (Wildman–Crippen LogP) is 1.64. The summed E-state index contributed by atoms with van der Waals surface area (Å²) < 4.78 is 5.87. The Kier molecular flexibility index (Phi) is 20.2. The van der Waals surface area contributed by atoms with Crippen molar-refractivity contribution in [3.05, 3.63) is 102 Å². The van der Waals surface area contributed by atoms with Gasteiger partial charge in [0.25, 0.3) is 0 Å². The molecule has 0 aliphatic carbocycles. The Morgan fingerprint density at radius 3 is 1.93 bits per heavy atom. The lowest BCUT2D eigenvalue weighted by Gasteiger charge is -2.43. The van der Waals surface area contributed by atoms with Crippen molar-refractivity contribution in [2.24, 2.45) is 5.92 Å². The van der Waals surface area contributed by atoms with Gasteiger partial charge in [0, 0.05) is 32.7 Å². The number of aliphatic hydroxyl groups excluding tert-OH is 1. The number of hydrogen-bond acceptors (Lipinski definition) is 12. The first kappa shape index (κ1) is 55.6. The molecule has 9 unspecified atom stereocenters. The number of cyclic esters (lactones) is 1. The molecule has 2 aliphatic heterocycles. The Hall–Kier alpha value is -7.35. The molecule has 20 heteroatoms. The highest BCUT2D eigenvalue weighted by molar-refractivity contribution is 5.99. The Morgan fingerprint density at radius 2 is 1.35 bits per heavy atom. The second-order valence-electron chi connectivity index (χ2n) is 18.7. The number of aromatic hydroxyl groups is 1. The normalized spacial score (nSPS) is 24.1. The number of rotatable bonds is 16. The number of aliphatic hydroxyl groups is 1. The maximum Gasteiger partial charge on any atom is 0.329 e. The molecule has 20 nitrogen and oxygen atoms in total. The van der Waals surface area contributed by atoms with Crippen LogP contribution in [0.5, 0.6) is 5.75 Å². The van der Waals surface area contributed by atoms with Crippen LogP contribution in [0.1, 0.15) is 89.3 Å². The van der Waals surface area contributed by atoms with E-state index in [0.29, 0.717) is 29.5 Å². The minimum Gasteiger partial charge on any atom is -0.508 e. The number of benzene rings is 3. The number of phenolic OH excluding ortho intramolecular Hbond substituents is 1. The molecule has 2 saturated heterocycles. The van der Waals surface area contributed by atoms with Gasteiger partial charge < -0.3 is 56.4 Å².